The smallest absolute Gasteiger partial charge is 0.175 e. The number of anilines is 2. The fourth-order valence-electron chi connectivity index (χ4n) is 2.66. The molecular weight excluding hydrogens is 342 g/mol. The molecule has 3 aromatic carbocycles. The van der Waals surface area contributed by atoms with Crippen molar-refractivity contribution in [1.29, 1.82) is 0 Å². The van der Waals surface area contributed by atoms with Crippen LogP contribution in [0, 0.1) is 0 Å². The van der Waals surface area contributed by atoms with Gasteiger partial charge in [0.2, 0.25) is 0 Å². The topological polar surface area (TPSA) is 49.1 Å². The molecule has 0 aliphatic carbocycles. The Kier molecular flexibility index (Phi) is 4.53. The van der Waals surface area contributed by atoms with Crippen LogP contribution >= 0.6 is 12.2 Å². The molecule has 0 unspecified atom stereocenters. The monoisotopic (exact) mass is 359 g/mol. The molecule has 1 heterocycles. The lowest BCUT2D eigenvalue weighted by Gasteiger charge is -2.11. The highest BCUT2D eigenvalue weighted by Crippen LogP contribution is 2.23. The molecule has 0 spiro atoms. The first-order chi connectivity index (χ1) is 12.8. The van der Waals surface area contributed by atoms with Crippen molar-refractivity contribution in [2.45, 2.75) is 0 Å². The van der Waals surface area contributed by atoms with Crippen LogP contribution in [0.2, 0.25) is 0 Å². The number of rotatable bonds is 4. The number of aromatic amines is 1. The summed E-state index contributed by atoms with van der Waals surface area (Å²) in [7, 11) is 0. The Balaban J connectivity index is 1.38. The predicted molar refractivity (Wildman–Crippen MR) is 111 cm³/mol. The first-order valence-corrected chi connectivity index (χ1v) is 8.65. The summed E-state index contributed by atoms with van der Waals surface area (Å²) in [6.45, 7) is 0. The second kappa shape index (κ2) is 7.29. The molecule has 0 bridgehead atoms. The molecule has 5 heteroatoms. The molecule has 0 aliphatic rings. The highest BCUT2D eigenvalue weighted by molar-refractivity contribution is 7.80. The zero-order chi connectivity index (χ0) is 17.8. The number of hydrogen-bond acceptors (Lipinski definition) is 2. The van der Waals surface area contributed by atoms with Gasteiger partial charge in [-0.05, 0) is 72.9 Å². The summed E-state index contributed by atoms with van der Waals surface area (Å²) >= 11 is 5.40. The van der Waals surface area contributed by atoms with E-state index in [0.717, 1.165) is 33.8 Å². The lowest BCUT2D eigenvalue weighted by Crippen LogP contribution is -2.18. The van der Waals surface area contributed by atoms with E-state index in [9.17, 15) is 0 Å². The average molecular weight is 359 g/mol. The van der Waals surface area contributed by atoms with Crippen molar-refractivity contribution in [1.82, 2.24) is 4.98 Å². The summed E-state index contributed by atoms with van der Waals surface area (Å²) in [4.78, 5) is 3.17. The first-order valence-electron chi connectivity index (χ1n) is 8.24. The summed E-state index contributed by atoms with van der Waals surface area (Å²) < 4.78 is 5.79. The van der Waals surface area contributed by atoms with Gasteiger partial charge in [0, 0.05) is 28.5 Å². The van der Waals surface area contributed by atoms with Crippen molar-refractivity contribution in [2.75, 3.05) is 10.6 Å². The van der Waals surface area contributed by atoms with Gasteiger partial charge in [-0.2, -0.15) is 0 Å². The van der Waals surface area contributed by atoms with Gasteiger partial charge in [-0.1, -0.05) is 18.2 Å². The molecule has 0 saturated carbocycles. The lowest BCUT2D eigenvalue weighted by atomic mass is 10.2. The molecule has 4 rings (SSSR count). The van der Waals surface area contributed by atoms with Gasteiger partial charge in [0.15, 0.2) is 5.11 Å². The van der Waals surface area contributed by atoms with Gasteiger partial charge in [0.25, 0.3) is 0 Å². The SMILES string of the molecule is S=C(Nc1ccc(Oc2ccccc2)cc1)Nc1ccc2[nH]ccc2c1. The minimum atomic E-state index is 0.539. The van der Waals surface area contributed by atoms with E-state index in [0.29, 0.717) is 5.11 Å². The van der Waals surface area contributed by atoms with Crippen LogP contribution in [0.25, 0.3) is 10.9 Å². The van der Waals surface area contributed by atoms with E-state index in [2.05, 4.69) is 21.7 Å². The summed E-state index contributed by atoms with van der Waals surface area (Å²) in [5, 5.41) is 8.06. The maximum Gasteiger partial charge on any atom is 0.175 e. The van der Waals surface area contributed by atoms with Gasteiger partial charge in [0.05, 0.1) is 0 Å². The van der Waals surface area contributed by atoms with Gasteiger partial charge in [-0.25, -0.2) is 0 Å². The molecule has 0 atom stereocenters. The predicted octanol–water partition coefficient (Wildman–Crippen LogP) is 5.77. The van der Waals surface area contributed by atoms with Crippen LogP contribution in [0.3, 0.4) is 0 Å². The second-order valence-corrected chi connectivity index (χ2v) is 6.21. The Morgan fingerprint density at radius 3 is 2.27 bits per heavy atom. The third-order valence-electron chi connectivity index (χ3n) is 3.90. The number of nitrogens with one attached hydrogen (secondary N) is 3. The summed E-state index contributed by atoms with van der Waals surface area (Å²) in [5.74, 6) is 1.59. The molecule has 4 aromatic rings. The quantitative estimate of drug-likeness (QED) is 0.405. The van der Waals surface area contributed by atoms with Crippen LogP contribution in [0.4, 0.5) is 11.4 Å². The molecule has 0 fully saturated rings. The van der Waals surface area contributed by atoms with Crippen LogP contribution in [0.1, 0.15) is 0 Å². The van der Waals surface area contributed by atoms with E-state index >= 15 is 0 Å². The summed E-state index contributed by atoms with van der Waals surface area (Å²) in [6, 6.07) is 25.5. The number of H-pyrrole nitrogens is 1. The van der Waals surface area contributed by atoms with E-state index in [-0.39, 0.29) is 0 Å². The fraction of sp³-hybridized carbons (Fsp3) is 0. The minimum absolute atomic E-state index is 0.539. The number of ether oxygens (including phenoxy) is 1. The molecule has 0 saturated heterocycles. The van der Waals surface area contributed by atoms with Crippen LogP contribution in [0.15, 0.2) is 85.1 Å². The third kappa shape index (κ3) is 3.84. The maximum atomic E-state index is 5.79. The van der Waals surface area contributed by atoms with Gasteiger partial charge in [-0.3, -0.25) is 0 Å². The first kappa shape index (κ1) is 16.2. The van der Waals surface area contributed by atoms with E-state index < -0.39 is 0 Å². The molecule has 0 radical (unpaired) electrons. The van der Waals surface area contributed by atoms with E-state index in [1.807, 2.05) is 79.0 Å². The minimum Gasteiger partial charge on any atom is -0.457 e. The molecule has 0 amide bonds. The maximum absolute atomic E-state index is 5.79. The highest BCUT2D eigenvalue weighted by atomic mass is 32.1. The number of hydrogen-bond donors (Lipinski definition) is 3. The average Bonchev–Trinajstić information content (AvgIpc) is 3.12. The Morgan fingerprint density at radius 2 is 1.46 bits per heavy atom. The number of aromatic nitrogens is 1. The molecule has 0 aliphatic heterocycles. The Hall–Kier alpha value is -3.31. The number of para-hydroxylation sites is 1. The van der Waals surface area contributed by atoms with E-state index in [1.165, 1.54) is 0 Å². The van der Waals surface area contributed by atoms with Crippen molar-refractivity contribution >= 4 is 39.6 Å². The largest absolute Gasteiger partial charge is 0.457 e. The van der Waals surface area contributed by atoms with Crippen LogP contribution < -0.4 is 15.4 Å². The van der Waals surface area contributed by atoms with Crippen LogP contribution in [-0.2, 0) is 0 Å². The van der Waals surface area contributed by atoms with E-state index in [4.69, 9.17) is 17.0 Å². The third-order valence-corrected chi connectivity index (χ3v) is 4.11. The van der Waals surface area contributed by atoms with E-state index in [1.54, 1.807) is 0 Å². The van der Waals surface area contributed by atoms with Crippen molar-refractivity contribution < 1.29 is 4.74 Å². The standard InChI is InChI=1S/C21H17N3OS/c26-21(24-17-8-11-20-15(14-17)12-13-22-20)23-16-6-9-19(10-7-16)25-18-4-2-1-3-5-18/h1-14,22H,(H2,23,24,26). The van der Waals surface area contributed by atoms with Crippen molar-refractivity contribution in [3.8, 4) is 11.5 Å². The van der Waals surface area contributed by atoms with Crippen molar-refractivity contribution in [3.63, 3.8) is 0 Å². The summed E-state index contributed by atoms with van der Waals surface area (Å²) in [5.41, 5.74) is 2.94. The highest BCUT2D eigenvalue weighted by Gasteiger charge is 2.02. The normalized spacial score (nSPS) is 10.5. The Morgan fingerprint density at radius 1 is 0.769 bits per heavy atom. The van der Waals surface area contributed by atoms with Crippen molar-refractivity contribution in [3.05, 3.63) is 85.1 Å². The molecular formula is C21H17N3OS. The van der Waals surface area contributed by atoms with Gasteiger partial charge in [0.1, 0.15) is 11.5 Å². The van der Waals surface area contributed by atoms with Gasteiger partial charge >= 0.3 is 0 Å². The number of thiocarbonyl (C=S) groups is 1. The van der Waals surface area contributed by atoms with Gasteiger partial charge in [-0.15, -0.1) is 0 Å². The molecule has 1 aromatic heterocycles. The zero-order valence-corrected chi connectivity index (χ0v) is 14.7. The molecule has 128 valence electrons. The second-order valence-electron chi connectivity index (χ2n) is 5.80. The fourth-order valence-corrected chi connectivity index (χ4v) is 2.89. The van der Waals surface area contributed by atoms with Crippen LogP contribution in [-0.4, -0.2) is 10.1 Å². The number of fused-ring (bicyclic) bond motifs is 1. The number of benzene rings is 3. The zero-order valence-electron chi connectivity index (χ0n) is 13.9. The van der Waals surface area contributed by atoms with Gasteiger partial charge < -0.3 is 20.4 Å². The molecule has 3 N–H and O–H groups in total. The Bertz CT molecular complexity index is 1030. The lowest BCUT2D eigenvalue weighted by molar-refractivity contribution is 0.483. The summed E-state index contributed by atoms with van der Waals surface area (Å²) in [6.07, 6.45) is 1.92. The van der Waals surface area contributed by atoms with Crippen LogP contribution in [0.5, 0.6) is 11.5 Å². The molecule has 4 nitrogen and oxygen atoms in total. The Labute approximate surface area is 156 Å². The molecule has 26 heavy (non-hydrogen) atoms. The van der Waals surface area contributed by atoms with Crippen molar-refractivity contribution in [2.24, 2.45) is 0 Å².